The van der Waals surface area contributed by atoms with Gasteiger partial charge in [0.05, 0.1) is 6.04 Å². The van der Waals surface area contributed by atoms with Crippen LogP contribution in [0, 0.1) is 0 Å². The van der Waals surface area contributed by atoms with E-state index in [1.54, 1.807) is 11.8 Å². The number of carbonyl (C=O) groups is 1. The monoisotopic (exact) mass is 315 g/mol. The van der Waals surface area contributed by atoms with Crippen molar-refractivity contribution in [3.63, 3.8) is 0 Å². The number of nitrogens with zero attached hydrogens (tertiary/aromatic N) is 1. The van der Waals surface area contributed by atoms with Crippen LogP contribution in [0.25, 0.3) is 0 Å². The van der Waals surface area contributed by atoms with Crippen molar-refractivity contribution in [1.82, 2.24) is 15.5 Å². The number of rotatable bonds is 3. The summed E-state index contributed by atoms with van der Waals surface area (Å²) in [5.41, 5.74) is 0. The van der Waals surface area contributed by atoms with Crippen molar-refractivity contribution in [2.24, 2.45) is 0 Å². The molecule has 2 fully saturated rings. The average molecular weight is 316 g/mol. The number of piperidine rings is 1. The molecule has 4 nitrogen and oxygen atoms in total. The highest BCUT2D eigenvalue weighted by Crippen LogP contribution is 2.12. The van der Waals surface area contributed by atoms with Crippen LogP contribution < -0.4 is 10.6 Å². The first kappa shape index (κ1) is 18.3. The molecule has 1 unspecified atom stereocenters. The van der Waals surface area contributed by atoms with Gasteiger partial charge in [-0.1, -0.05) is 6.92 Å². The molecule has 0 saturated carbocycles. The van der Waals surface area contributed by atoms with Gasteiger partial charge in [0, 0.05) is 30.8 Å². The molecule has 0 spiro atoms. The molecule has 7 heteroatoms. The molecule has 2 heterocycles. The number of hydrogen-bond acceptors (Lipinski definition) is 4. The normalized spacial score (nSPS) is 25.1. The summed E-state index contributed by atoms with van der Waals surface area (Å²) >= 11 is 1.80. The number of likely N-dealkylation sites (tertiary alicyclic amines) is 1. The molecule has 0 aromatic carbocycles. The summed E-state index contributed by atoms with van der Waals surface area (Å²) in [6.07, 6.45) is 2.19. The number of carbonyl (C=O) groups excluding carboxylic acids is 1. The van der Waals surface area contributed by atoms with Gasteiger partial charge >= 0.3 is 0 Å². The third-order valence-corrected chi connectivity index (χ3v) is 4.35. The number of nitrogens with one attached hydrogen (secondary N) is 2. The van der Waals surface area contributed by atoms with Gasteiger partial charge in [-0.2, -0.15) is 0 Å². The van der Waals surface area contributed by atoms with Crippen LogP contribution in [0.4, 0.5) is 0 Å². The lowest BCUT2D eigenvalue weighted by Crippen LogP contribution is -2.50. The van der Waals surface area contributed by atoms with Gasteiger partial charge < -0.3 is 10.2 Å². The number of hydrogen-bond donors (Lipinski definition) is 2. The minimum atomic E-state index is 0. The van der Waals surface area contributed by atoms with E-state index in [1.807, 2.05) is 0 Å². The van der Waals surface area contributed by atoms with Gasteiger partial charge in [0.25, 0.3) is 0 Å². The molecular weight excluding hydrogens is 293 g/mol. The standard InChI is InChI=1S/C11H21N3OS.2ClH/c1-2-14-5-3-9(4-6-14)13-11(15)10-7-16-8-12-10;;/h9-10,12H,2-8H2,1H3,(H,13,15);2*1H. The number of halogens is 2. The Morgan fingerprint density at radius 2 is 2.06 bits per heavy atom. The Bertz CT molecular complexity index is 244. The van der Waals surface area contributed by atoms with Crippen LogP contribution in [0.2, 0.25) is 0 Å². The van der Waals surface area contributed by atoms with E-state index >= 15 is 0 Å². The van der Waals surface area contributed by atoms with Crippen LogP contribution in [0.15, 0.2) is 0 Å². The fraction of sp³-hybridized carbons (Fsp3) is 0.909. The SMILES string of the molecule is CCN1CCC(NC(=O)C2CSCN2)CC1.Cl.Cl. The largest absolute Gasteiger partial charge is 0.352 e. The quantitative estimate of drug-likeness (QED) is 0.818. The van der Waals surface area contributed by atoms with E-state index in [2.05, 4.69) is 22.5 Å². The van der Waals surface area contributed by atoms with Crippen molar-refractivity contribution in [3.05, 3.63) is 0 Å². The van der Waals surface area contributed by atoms with Crippen LogP contribution in [-0.2, 0) is 4.79 Å². The predicted molar refractivity (Wildman–Crippen MR) is 82.0 cm³/mol. The van der Waals surface area contributed by atoms with E-state index in [4.69, 9.17) is 0 Å². The molecule has 0 aromatic rings. The van der Waals surface area contributed by atoms with Crippen LogP contribution in [-0.4, -0.2) is 54.2 Å². The molecule has 2 aliphatic rings. The summed E-state index contributed by atoms with van der Waals surface area (Å²) < 4.78 is 0. The lowest BCUT2D eigenvalue weighted by molar-refractivity contribution is -0.123. The lowest BCUT2D eigenvalue weighted by Gasteiger charge is -2.31. The molecule has 2 saturated heterocycles. The van der Waals surface area contributed by atoms with Gasteiger partial charge in [-0.05, 0) is 19.4 Å². The molecule has 108 valence electrons. The molecular formula is C11H23Cl2N3OS. The second kappa shape index (κ2) is 9.26. The zero-order chi connectivity index (χ0) is 11.4. The summed E-state index contributed by atoms with van der Waals surface area (Å²) in [7, 11) is 0. The molecule has 0 aromatic heterocycles. The third kappa shape index (κ3) is 5.13. The summed E-state index contributed by atoms with van der Waals surface area (Å²) in [6.45, 7) is 5.56. The van der Waals surface area contributed by atoms with Crippen LogP contribution in [0.5, 0.6) is 0 Å². The Hall–Kier alpha value is 0.320. The van der Waals surface area contributed by atoms with E-state index < -0.39 is 0 Å². The molecule has 2 aliphatic heterocycles. The molecule has 2 rings (SSSR count). The van der Waals surface area contributed by atoms with Crippen LogP contribution >= 0.6 is 36.6 Å². The third-order valence-electron chi connectivity index (χ3n) is 3.41. The Labute approximate surface area is 126 Å². The molecule has 0 bridgehead atoms. The smallest absolute Gasteiger partial charge is 0.238 e. The zero-order valence-electron chi connectivity index (χ0n) is 10.7. The number of thioether (sulfide) groups is 1. The highest BCUT2D eigenvalue weighted by atomic mass is 35.5. The van der Waals surface area contributed by atoms with Crippen LogP contribution in [0.3, 0.4) is 0 Å². The van der Waals surface area contributed by atoms with Crippen molar-refractivity contribution in [2.45, 2.75) is 31.8 Å². The van der Waals surface area contributed by atoms with E-state index in [1.165, 1.54) is 0 Å². The maximum absolute atomic E-state index is 11.9. The van der Waals surface area contributed by atoms with Gasteiger partial charge in [0.1, 0.15) is 0 Å². The summed E-state index contributed by atoms with van der Waals surface area (Å²) in [6, 6.07) is 0.428. The Kier molecular flexibility index (Phi) is 9.42. The lowest BCUT2D eigenvalue weighted by atomic mass is 10.0. The summed E-state index contributed by atoms with van der Waals surface area (Å²) in [5, 5.41) is 6.37. The molecule has 0 aliphatic carbocycles. The maximum Gasteiger partial charge on any atom is 0.238 e. The topological polar surface area (TPSA) is 44.4 Å². The maximum atomic E-state index is 11.9. The van der Waals surface area contributed by atoms with Gasteiger partial charge in [-0.25, -0.2) is 0 Å². The Morgan fingerprint density at radius 3 is 2.56 bits per heavy atom. The highest BCUT2D eigenvalue weighted by Gasteiger charge is 2.26. The van der Waals surface area contributed by atoms with Crippen molar-refractivity contribution in [2.75, 3.05) is 31.3 Å². The van der Waals surface area contributed by atoms with E-state index in [0.717, 1.165) is 44.1 Å². The van der Waals surface area contributed by atoms with Gasteiger partial charge in [0.2, 0.25) is 5.91 Å². The predicted octanol–water partition coefficient (Wildman–Crippen LogP) is 1.09. The molecule has 1 amide bonds. The number of amides is 1. The van der Waals surface area contributed by atoms with E-state index in [0.29, 0.717) is 6.04 Å². The summed E-state index contributed by atoms with van der Waals surface area (Å²) in [5.74, 6) is 2.02. The highest BCUT2D eigenvalue weighted by molar-refractivity contribution is 7.99. The van der Waals surface area contributed by atoms with Crippen molar-refractivity contribution < 1.29 is 4.79 Å². The van der Waals surface area contributed by atoms with Crippen molar-refractivity contribution in [3.8, 4) is 0 Å². The van der Waals surface area contributed by atoms with Gasteiger partial charge in [0.15, 0.2) is 0 Å². The first-order valence-electron chi connectivity index (χ1n) is 6.13. The first-order chi connectivity index (χ1) is 7.79. The zero-order valence-corrected chi connectivity index (χ0v) is 13.1. The van der Waals surface area contributed by atoms with Gasteiger partial charge in [-0.15, -0.1) is 36.6 Å². The fourth-order valence-electron chi connectivity index (χ4n) is 2.26. The van der Waals surface area contributed by atoms with Crippen molar-refractivity contribution >= 4 is 42.5 Å². The minimum absolute atomic E-state index is 0. The molecule has 2 N–H and O–H groups in total. The van der Waals surface area contributed by atoms with E-state index in [9.17, 15) is 4.79 Å². The van der Waals surface area contributed by atoms with Gasteiger partial charge in [-0.3, -0.25) is 10.1 Å². The first-order valence-corrected chi connectivity index (χ1v) is 7.29. The fourth-order valence-corrected chi connectivity index (χ4v) is 3.20. The second-order valence-corrected chi connectivity index (χ2v) is 5.52. The Morgan fingerprint density at radius 1 is 1.39 bits per heavy atom. The molecule has 1 atom stereocenters. The molecule has 18 heavy (non-hydrogen) atoms. The average Bonchev–Trinajstić information content (AvgIpc) is 2.83. The second-order valence-electron chi connectivity index (χ2n) is 4.49. The van der Waals surface area contributed by atoms with Crippen LogP contribution in [0.1, 0.15) is 19.8 Å². The molecule has 0 radical (unpaired) electrons. The minimum Gasteiger partial charge on any atom is -0.352 e. The summed E-state index contributed by atoms with van der Waals surface area (Å²) in [4.78, 5) is 14.3. The Balaban J connectivity index is 0.00000144. The van der Waals surface area contributed by atoms with E-state index in [-0.39, 0.29) is 36.8 Å². The van der Waals surface area contributed by atoms with Crippen molar-refractivity contribution in [1.29, 1.82) is 0 Å².